The molecule has 3 heterocycles. The molecule has 23 heavy (non-hydrogen) atoms. The number of benzene rings is 1. The Morgan fingerprint density at radius 2 is 1.78 bits per heavy atom. The first-order valence-electron chi connectivity index (χ1n) is 8.11. The molecule has 1 aliphatic heterocycles. The summed E-state index contributed by atoms with van der Waals surface area (Å²) in [6, 6.07) is 17.5. The van der Waals surface area contributed by atoms with Crippen LogP contribution in [0.1, 0.15) is 34.3 Å². The summed E-state index contributed by atoms with van der Waals surface area (Å²) in [5.74, 6) is 0.874. The molecule has 3 aromatic rings. The maximum Gasteiger partial charge on any atom is 0.0713 e. The maximum absolute atomic E-state index is 4.71. The molecule has 3 heteroatoms. The first-order chi connectivity index (χ1) is 11.4. The van der Waals surface area contributed by atoms with Gasteiger partial charge in [0.2, 0.25) is 0 Å². The van der Waals surface area contributed by atoms with Crippen molar-refractivity contribution in [1.82, 2.24) is 9.97 Å². The van der Waals surface area contributed by atoms with Gasteiger partial charge >= 0.3 is 0 Å². The van der Waals surface area contributed by atoms with Crippen molar-refractivity contribution in [2.24, 2.45) is 5.92 Å². The van der Waals surface area contributed by atoms with Gasteiger partial charge in [-0.2, -0.15) is 0 Å². The Bertz CT molecular complexity index is 860. The van der Waals surface area contributed by atoms with Crippen molar-refractivity contribution < 1.29 is 0 Å². The lowest BCUT2D eigenvalue weighted by Gasteiger charge is -2.37. The molecule has 0 saturated carbocycles. The number of anilines is 1. The highest BCUT2D eigenvalue weighted by molar-refractivity contribution is 5.59. The van der Waals surface area contributed by atoms with Gasteiger partial charge in [0.15, 0.2) is 0 Å². The number of fused-ring (bicyclic) bond motifs is 5. The third kappa shape index (κ3) is 1.89. The normalized spacial score (nSPS) is 24.3. The third-order valence-corrected chi connectivity index (χ3v) is 5.21. The highest BCUT2D eigenvalue weighted by Gasteiger charge is 2.43. The standard InChI is InChI=1S/C20H17N3/c1-2-5-15-14(4-1)12-16-18(15)20-17(6-3-9-22-20)23-19(16)13-7-10-21-11-8-13/h1-11,16,18-19,23H,12H2/t16-,18+,19-/m1/s1. The first-order valence-corrected chi connectivity index (χ1v) is 8.11. The van der Waals surface area contributed by atoms with Gasteiger partial charge in [0.05, 0.1) is 17.4 Å². The third-order valence-electron chi connectivity index (χ3n) is 5.21. The van der Waals surface area contributed by atoms with Crippen LogP contribution in [0.4, 0.5) is 5.69 Å². The Morgan fingerprint density at radius 1 is 0.913 bits per heavy atom. The van der Waals surface area contributed by atoms with Crippen LogP contribution in [0.3, 0.4) is 0 Å². The number of hydrogen-bond donors (Lipinski definition) is 1. The Balaban J connectivity index is 1.70. The second-order valence-electron chi connectivity index (χ2n) is 6.38. The van der Waals surface area contributed by atoms with Gasteiger partial charge in [-0.05, 0) is 53.3 Å². The van der Waals surface area contributed by atoms with E-state index >= 15 is 0 Å². The molecule has 0 spiro atoms. The molecule has 1 N–H and O–H groups in total. The van der Waals surface area contributed by atoms with E-state index in [9.17, 15) is 0 Å². The van der Waals surface area contributed by atoms with E-state index < -0.39 is 0 Å². The second kappa shape index (κ2) is 4.92. The Hall–Kier alpha value is -2.68. The summed E-state index contributed by atoms with van der Waals surface area (Å²) < 4.78 is 0. The van der Waals surface area contributed by atoms with E-state index in [2.05, 4.69) is 52.8 Å². The van der Waals surface area contributed by atoms with Gasteiger partial charge < -0.3 is 5.32 Å². The van der Waals surface area contributed by atoms with Crippen molar-refractivity contribution in [3.05, 3.63) is 89.5 Å². The van der Waals surface area contributed by atoms with E-state index in [1.165, 1.54) is 22.4 Å². The SMILES string of the molecule is c1ccc2c(c1)C[C@@H]1[C@H]2c2ncccc2N[C@@H]1c1ccncc1. The fraction of sp³-hybridized carbons (Fsp3) is 0.200. The van der Waals surface area contributed by atoms with Crippen LogP contribution in [0, 0.1) is 5.92 Å². The zero-order valence-corrected chi connectivity index (χ0v) is 12.7. The van der Waals surface area contributed by atoms with Gasteiger partial charge in [0.1, 0.15) is 0 Å². The van der Waals surface area contributed by atoms with Gasteiger partial charge in [0, 0.05) is 24.5 Å². The zero-order chi connectivity index (χ0) is 15.2. The molecule has 0 bridgehead atoms. The molecule has 0 radical (unpaired) electrons. The molecular formula is C20H17N3. The highest BCUT2D eigenvalue weighted by atomic mass is 15.0. The number of aromatic nitrogens is 2. The molecule has 0 amide bonds. The van der Waals surface area contributed by atoms with E-state index in [0.717, 1.165) is 12.1 Å². The van der Waals surface area contributed by atoms with Crippen LogP contribution in [0.2, 0.25) is 0 Å². The molecule has 3 nitrogen and oxygen atoms in total. The smallest absolute Gasteiger partial charge is 0.0713 e. The van der Waals surface area contributed by atoms with E-state index in [-0.39, 0.29) is 0 Å². The summed E-state index contributed by atoms with van der Waals surface area (Å²) in [4.78, 5) is 8.88. The summed E-state index contributed by atoms with van der Waals surface area (Å²) in [6.45, 7) is 0. The number of hydrogen-bond acceptors (Lipinski definition) is 3. The summed E-state index contributed by atoms with van der Waals surface area (Å²) in [7, 11) is 0. The summed E-state index contributed by atoms with van der Waals surface area (Å²) in [6.07, 6.45) is 6.77. The predicted molar refractivity (Wildman–Crippen MR) is 90.3 cm³/mol. The average molecular weight is 299 g/mol. The summed E-state index contributed by atoms with van der Waals surface area (Å²) in [5.41, 5.74) is 6.55. The minimum atomic E-state index is 0.298. The van der Waals surface area contributed by atoms with E-state index in [1.807, 2.05) is 24.7 Å². The number of nitrogens with one attached hydrogen (secondary N) is 1. The molecular weight excluding hydrogens is 282 g/mol. The lowest BCUT2D eigenvalue weighted by molar-refractivity contribution is 0.414. The molecule has 2 aromatic heterocycles. The maximum atomic E-state index is 4.71. The molecule has 1 aliphatic carbocycles. The van der Waals surface area contributed by atoms with Gasteiger partial charge in [-0.25, -0.2) is 0 Å². The average Bonchev–Trinajstić information content (AvgIpc) is 3.01. The van der Waals surface area contributed by atoms with E-state index in [0.29, 0.717) is 17.9 Å². The monoisotopic (exact) mass is 299 g/mol. The Labute approximate surface area is 135 Å². The van der Waals surface area contributed by atoms with Crippen LogP contribution in [0.25, 0.3) is 0 Å². The topological polar surface area (TPSA) is 37.8 Å². The van der Waals surface area contributed by atoms with E-state index in [1.54, 1.807) is 0 Å². The van der Waals surface area contributed by atoms with Crippen LogP contribution in [0.15, 0.2) is 67.1 Å². The predicted octanol–water partition coefficient (Wildman–Crippen LogP) is 3.95. The van der Waals surface area contributed by atoms with E-state index in [4.69, 9.17) is 4.98 Å². The fourth-order valence-electron chi connectivity index (χ4n) is 4.25. The van der Waals surface area contributed by atoms with Gasteiger partial charge in [-0.15, -0.1) is 0 Å². The lowest BCUT2D eigenvalue weighted by atomic mass is 9.78. The molecule has 112 valence electrons. The van der Waals surface area contributed by atoms with Crippen molar-refractivity contribution in [3.8, 4) is 0 Å². The number of pyridine rings is 2. The minimum Gasteiger partial charge on any atom is -0.376 e. The van der Waals surface area contributed by atoms with Crippen molar-refractivity contribution in [2.75, 3.05) is 5.32 Å². The van der Waals surface area contributed by atoms with Crippen molar-refractivity contribution in [2.45, 2.75) is 18.4 Å². The van der Waals surface area contributed by atoms with Crippen LogP contribution >= 0.6 is 0 Å². The van der Waals surface area contributed by atoms with Crippen LogP contribution in [-0.4, -0.2) is 9.97 Å². The number of rotatable bonds is 1. The Kier molecular flexibility index (Phi) is 2.74. The first kappa shape index (κ1) is 12.8. The molecule has 0 fully saturated rings. The molecule has 0 unspecified atom stereocenters. The lowest BCUT2D eigenvalue weighted by Crippen LogP contribution is -2.31. The molecule has 0 saturated heterocycles. The molecule has 5 rings (SSSR count). The zero-order valence-electron chi connectivity index (χ0n) is 12.7. The van der Waals surface area contributed by atoms with Crippen molar-refractivity contribution in [1.29, 1.82) is 0 Å². The van der Waals surface area contributed by atoms with Gasteiger partial charge in [-0.3, -0.25) is 9.97 Å². The second-order valence-corrected chi connectivity index (χ2v) is 6.38. The van der Waals surface area contributed by atoms with Crippen LogP contribution in [0.5, 0.6) is 0 Å². The largest absolute Gasteiger partial charge is 0.376 e. The van der Waals surface area contributed by atoms with Crippen molar-refractivity contribution in [3.63, 3.8) is 0 Å². The number of nitrogens with zero attached hydrogens (tertiary/aromatic N) is 2. The molecule has 2 aliphatic rings. The fourth-order valence-corrected chi connectivity index (χ4v) is 4.25. The van der Waals surface area contributed by atoms with Gasteiger partial charge in [-0.1, -0.05) is 24.3 Å². The van der Waals surface area contributed by atoms with Crippen molar-refractivity contribution >= 4 is 5.69 Å². The van der Waals surface area contributed by atoms with Crippen LogP contribution < -0.4 is 5.32 Å². The van der Waals surface area contributed by atoms with Gasteiger partial charge in [0.25, 0.3) is 0 Å². The highest BCUT2D eigenvalue weighted by Crippen LogP contribution is 2.52. The minimum absolute atomic E-state index is 0.298. The molecule has 3 atom stereocenters. The summed E-state index contributed by atoms with van der Waals surface area (Å²) >= 11 is 0. The molecule has 1 aromatic carbocycles. The van der Waals surface area contributed by atoms with Crippen LogP contribution in [-0.2, 0) is 6.42 Å². The Morgan fingerprint density at radius 3 is 2.70 bits per heavy atom. The summed E-state index contributed by atoms with van der Waals surface area (Å²) in [5, 5.41) is 3.73. The quantitative estimate of drug-likeness (QED) is 0.739.